The van der Waals surface area contributed by atoms with E-state index >= 15 is 0 Å². The van der Waals surface area contributed by atoms with Crippen molar-refractivity contribution in [3.63, 3.8) is 0 Å². The fourth-order valence-electron chi connectivity index (χ4n) is 0.487. The Morgan fingerprint density at radius 1 is 0.875 bits per heavy atom. The number of aromatic nitrogens is 6. The van der Waals surface area contributed by atoms with Crippen LogP contribution < -0.4 is 0 Å². The van der Waals surface area contributed by atoms with Gasteiger partial charge >= 0.3 is 0 Å². The zero-order chi connectivity index (χ0) is 10.6. The normalized spacial score (nSPS) is 7.50. The Hall–Kier alpha value is -2.16. The first-order valence-corrected chi connectivity index (χ1v) is 3.86. The molecule has 0 aromatic carbocycles. The Bertz CT molecular complexity index is 259. The molecule has 0 saturated heterocycles. The summed E-state index contributed by atoms with van der Waals surface area (Å²) >= 11 is 0. The molecule has 9 heteroatoms. The summed E-state index contributed by atoms with van der Waals surface area (Å²) in [6.07, 6.45) is 9.21. The summed E-state index contributed by atoms with van der Waals surface area (Å²) in [5, 5.41) is 19.0. The predicted octanol–water partition coefficient (Wildman–Crippen LogP) is 0.662. The number of hydrogen-bond acceptors (Lipinski definition) is 7. The Kier molecular flexibility index (Phi) is 9.44. The summed E-state index contributed by atoms with van der Waals surface area (Å²) < 4.78 is 8.44. The minimum atomic E-state index is 0. The Morgan fingerprint density at radius 2 is 1.50 bits per heavy atom. The van der Waals surface area contributed by atoms with E-state index in [1.165, 1.54) is 24.9 Å². The van der Waals surface area contributed by atoms with Crippen molar-refractivity contribution in [2.45, 2.75) is 0 Å². The van der Waals surface area contributed by atoms with Crippen LogP contribution in [-0.4, -0.2) is 30.9 Å². The lowest BCUT2D eigenvalue weighted by Crippen LogP contribution is -1.53. The van der Waals surface area contributed by atoms with Crippen molar-refractivity contribution in [3.8, 4) is 0 Å². The zero-order valence-electron chi connectivity index (χ0n) is 8.09. The first kappa shape index (κ1) is 13.8. The lowest BCUT2D eigenvalue weighted by molar-refractivity contribution is 0.392. The molecule has 16 heavy (non-hydrogen) atoms. The largest absolute Gasteiger partial charge is 0.346 e. The predicted molar refractivity (Wildman–Crippen MR) is 57.6 cm³/mol. The van der Waals surface area contributed by atoms with Gasteiger partial charge in [-0.05, 0) is 6.07 Å². The number of H-pyrrole nitrogens is 1. The molecule has 0 aliphatic heterocycles. The fraction of sp³-hybridized carbons (Fsp3) is 0. The van der Waals surface area contributed by atoms with E-state index in [4.69, 9.17) is 0 Å². The number of nitrogens with zero attached hydrogens (tertiary/aromatic N) is 5. The van der Waals surface area contributed by atoms with Crippen LogP contribution in [0.5, 0.6) is 0 Å². The van der Waals surface area contributed by atoms with Crippen molar-refractivity contribution in [1.82, 2.24) is 30.9 Å². The lowest BCUT2D eigenvalue weighted by atomic mass is 10.8. The third kappa shape index (κ3) is 8.44. The summed E-state index contributed by atoms with van der Waals surface area (Å²) in [6, 6.07) is 1.83. The van der Waals surface area contributed by atoms with Gasteiger partial charge in [0.2, 0.25) is 0 Å². The second-order valence-electron chi connectivity index (χ2n) is 1.94. The summed E-state index contributed by atoms with van der Waals surface area (Å²) in [4.78, 5) is 0. The van der Waals surface area contributed by atoms with Gasteiger partial charge in [0.25, 0.3) is 0 Å². The van der Waals surface area contributed by atoms with Crippen molar-refractivity contribution in [1.29, 1.82) is 0 Å². The minimum absolute atomic E-state index is 0. The van der Waals surface area contributed by atoms with Gasteiger partial charge < -0.3 is 9.05 Å². The summed E-state index contributed by atoms with van der Waals surface area (Å²) in [7, 11) is 0. The highest BCUT2D eigenvalue weighted by molar-refractivity contribution is 7.59. The van der Waals surface area contributed by atoms with E-state index in [1.54, 1.807) is 12.4 Å². The standard InChI is InChI=1S/C3H4N2.2C2H2N2O.H2S/c1-2-4-5-3-1;2*1-2-5-4-3-1;/h1-3H,(H,4,5);2*1-2H;1H2. The monoisotopic (exact) mass is 242 g/mol. The second kappa shape index (κ2) is 10.9. The van der Waals surface area contributed by atoms with E-state index in [-0.39, 0.29) is 13.5 Å². The average molecular weight is 242 g/mol. The van der Waals surface area contributed by atoms with Crippen LogP contribution in [0.15, 0.2) is 52.4 Å². The van der Waals surface area contributed by atoms with Gasteiger partial charge in [-0.15, -0.1) is 10.2 Å². The van der Waals surface area contributed by atoms with Gasteiger partial charge in [-0.25, -0.2) is 0 Å². The van der Waals surface area contributed by atoms with E-state index in [9.17, 15) is 0 Å². The minimum Gasteiger partial charge on any atom is -0.346 e. The molecule has 8 nitrogen and oxygen atoms in total. The van der Waals surface area contributed by atoms with Crippen LogP contribution in [0.25, 0.3) is 0 Å². The van der Waals surface area contributed by atoms with Gasteiger partial charge in [0.15, 0.2) is 0 Å². The van der Waals surface area contributed by atoms with E-state index in [0.717, 1.165) is 0 Å². The van der Waals surface area contributed by atoms with Gasteiger partial charge in [0, 0.05) is 22.9 Å². The summed E-state index contributed by atoms with van der Waals surface area (Å²) in [6.45, 7) is 0. The molecule has 3 heterocycles. The topological polar surface area (TPSA) is 107 Å². The number of aromatic amines is 1. The highest BCUT2D eigenvalue weighted by Gasteiger charge is 1.62. The quantitative estimate of drug-likeness (QED) is 0.617. The molecule has 3 rings (SSSR count). The van der Waals surface area contributed by atoms with Crippen LogP contribution in [0, 0.1) is 0 Å². The first-order chi connectivity index (χ1) is 7.50. The fourth-order valence-corrected chi connectivity index (χ4v) is 0.487. The van der Waals surface area contributed by atoms with E-state index in [0.29, 0.717) is 0 Å². The zero-order valence-corrected chi connectivity index (χ0v) is 9.09. The number of hydrogen-bond donors (Lipinski definition) is 1. The van der Waals surface area contributed by atoms with Crippen molar-refractivity contribution >= 4 is 13.5 Å². The molecule has 0 saturated carbocycles. The Morgan fingerprint density at radius 3 is 1.62 bits per heavy atom. The van der Waals surface area contributed by atoms with E-state index in [1.807, 2.05) is 6.07 Å². The smallest absolute Gasteiger partial charge is 0.144 e. The lowest BCUT2D eigenvalue weighted by Gasteiger charge is -1.49. The third-order valence-electron chi connectivity index (χ3n) is 0.971. The molecule has 1 N–H and O–H groups in total. The van der Waals surface area contributed by atoms with Crippen LogP contribution in [0.2, 0.25) is 0 Å². The van der Waals surface area contributed by atoms with Crippen LogP contribution in [0.3, 0.4) is 0 Å². The molecule has 0 unspecified atom stereocenters. The summed E-state index contributed by atoms with van der Waals surface area (Å²) in [5.74, 6) is 0. The van der Waals surface area contributed by atoms with Gasteiger partial charge in [-0.3, -0.25) is 5.10 Å². The molecule has 3 aromatic rings. The molecule has 0 spiro atoms. The van der Waals surface area contributed by atoms with Gasteiger partial charge in [-0.2, -0.15) is 18.6 Å². The highest BCUT2D eigenvalue weighted by Crippen LogP contribution is 1.65. The maximum atomic E-state index is 4.22. The summed E-state index contributed by atoms with van der Waals surface area (Å²) in [5.41, 5.74) is 0. The molecule has 0 fully saturated rings. The van der Waals surface area contributed by atoms with Gasteiger partial charge in [0.1, 0.15) is 12.5 Å². The number of rotatable bonds is 0. The van der Waals surface area contributed by atoms with Crippen molar-refractivity contribution in [2.75, 3.05) is 0 Å². The number of nitrogens with one attached hydrogen (secondary N) is 1. The maximum Gasteiger partial charge on any atom is 0.144 e. The highest BCUT2D eigenvalue weighted by atomic mass is 32.1. The molecule has 0 amide bonds. The maximum absolute atomic E-state index is 4.22. The third-order valence-corrected chi connectivity index (χ3v) is 0.971. The molecule has 0 atom stereocenters. The molecule has 3 aromatic heterocycles. The van der Waals surface area contributed by atoms with Crippen LogP contribution in [0.4, 0.5) is 0 Å². The van der Waals surface area contributed by atoms with Crippen LogP contribution in [-0.2, 0) is 0 Å². The van der Waals surface area contributed by atoms with E-state index < -0.39 is 0 Å². The molecule has 0 aliphatic rings. The first-order valence-electron chi connectivity index (χ1n) is 3.86. The molecular formula is C7H10N6O2S. The average Bonchev–Trinajstić information content (AvgIpc) is 3.09. The molecular weight excluding hydrogens is 232 g/mol. The second-order valence-corrected chi connectivity index (χ2v) is 1.94. The van der Waals surface area contributed by atoms with Crippen LogP contribution >= 0.6 is 13.5 Å². The Balaban J connectivity index is 0.000000205. The SMILES string of the molecule is S.c1cn[nH]c1.c1conn1.c1conn1. The van der Waals surface area contributed by atoms with Crippen molar-refractivity contribution in [3.05, 3.63) is 43.4 Å². The Labute approximate surface area is 97.5 Å². The van der Waals surface area contributed by atoms with Crippen molar-refractivity contribution in [2.24, 2.45) is 0 Å². The molecule has 86 valence electrons. The molecule has 0 radical (unpaired) electrons. The van der Waals surface area contributed by atoms with Gasteiger partial charge in [0.05, 0.1) is 12.4 Å². The van der Waals surface area contributed by atoms with Crippen LogP contribution in [0.1, 0.15) is 0 Å². The van der Waals surface area contributed by atoms with E-state index in [2.05, 4.69) is 40.0 Å². The molecule has 0 bridgehead atoms. The van der Waals surface area contributed by atoms with Gasteiger partial charge in [-0.1, -0.05) is 0 Å². The molecule has 0 aliphatic carbocycles. The van der Waals surface area contributed by atoms with Crippen molar-refractivity contribution < 1.29 is 9.05 Å².